The second-order valence-electron chi connectivity index (χ2n) is 6.10. The van der Waals surface area contributed by atoms with Crippen molar-refractivity contribution in [3.05, 3.63) is 64.3 Å². The maximum Gasteiger partial charge on any atom is 0.344 e. The number of nitrogens with zero attached hydrogens (tertiary/aromatic N) is 1. The number of carbonyl (C=O) groups is 1. The van der Waals surface area contributed by atoms with E-state index in [4.69, 9.17) is 14.2 Å². The lowest BCUT2D eigenvalue weighted by molar-refractivity contribution is -0.138. The van der Waals surface area contributed by atoms with Crippen LogP contribution in [0.2, 0.25) is 0 Å². The maximum atomic E-state index is 12.5. The highest BCUT2D eigenvalue weighted by Crippen LogP contribution is 2.42. The van der Waals surface area contributed by atoms with E-state index in [1.54, 1.807) is 62.6 Å². The third kappa shape index (κ3) is 4.60. The molecule has 2 N–H and O–H groups in total. The topological polar surface area (TPSA) is 97.6 Å². The summed E-state index contributed by atoms with van der Waals surface area (Å²) >= 11 is 1.12. The summed E-state index contributed by atoms with van der Waals surface area (Å²) in [5, 5.41) is 20.7. The Morgan fingerprint density at radius 1 is 1.13 bits per heavy atom. The van der Waals surface area contributed by atoms with Crippen LogP contribution in [0.1, 0.15) is 12.5 Å². The highest BCUT2D eigenvalue weighted by molar-refractivity contribution is 8.18. The molecular weight excluding hydrogens is 406 g/mol. The molecule has 0 bridgehead atoms. The minimum Gasteiger partial charge on any atom is -0.508 e. The van der Waals surface area contributed by atoms with Gasteiger partial charge in [-0.2, -0.15) is 0 Å². The van der Waals surface area contributed by atoms with Crippen LogP contribution in [0.5, 0.6) is 17.2 Å². The quantitative estimate of drug-likeness (QED) is 0.650. The molecule has 156 valence electrons. The van der Waals surface area contributed by atoms with Gasteiger partial charge in [0.25, 0.3) is 0 Å². The van der Waals surface area contributed by atoms with Gasteiger partial charge >= 0.3 is 5.97 Å². The number of ether oxygens (including phenoxy) is 3. The lowest BCUT2D eigenvalue weighted by Gasteiger charge is -2.08. The number of methoxy groups -OCH3 is 2. The summed E-state index contributed by atoms with van der Waals surface area (Å²) < 4.78 is 15.7. The first-order valence-electron chi connectivity index (χ1n) is 9.07. The SMILES string of the molecule is CCOC(=O)C1=C(O)/C(=C\c2cccc(O)c2)SC1=Nc1ccc(OC)cc1OC. The molecule has 0 radical (unpaired) electrons. The van der Waals surface area contributed by atoms with Crippen molar-refractivity contribution in [1.29, 1.82) is 0 Å². The van der Waals surface area contributed by atoms with Gasteiger partial charge < -0.3 is 24.4 Å². The molecule has 1 heterocycles. The summed E-state index contributed by atoms with van der Waals surface area (Å²) in [4.78, 5) is 17.5. The summed E-state index contributed by atoms with van der Waals surface area (Å²) in [6.07, 6.45) is 1.66. The molecule has 1 aliphatic rings. The fourth-order valence-electron chi connectivity index (χ4n) is 2.74. The Balaban J connectivity index is 2.08. The van der Waals surface area contributed by atoms with Gasteiger partial charge in [0.1, 0.15) is 39.3 Å². The number of carbonyl (C=O) groups excluding carboxylic acids is 1. The van der Waals surface area contributed by atoms with Crippen molar-refractivity contribution >= 4 is 34.5 Å². The molecule has 2 aromatic carbocycles. The lowest BCUT2D eigenvalue weighted by Crippen LogP contribution is -2.12. The fraction of sp³-hybridized carbons (Fsp3) is 0.182. The number of phenols is 1. The van der Waals surface area contributed by atoms with Crippen molar-refractivity contribution in [2.75, 3.05) is 20.8 Å². The monoisotopic (exact) mass is 427 g/mol. The van der Waals surface area contributed by atoms with Crippen LogP contribution in [0.3, 0.4) is 0 Å². The molecule has 0 aromatic heterocycles. The molecule has 0 fully saturated rings. The molecule has 2 aromatic rings. The Hall–Kier alpha value is -3.39. The number of esters is 1. The van der Waals surface area contributed by atoms with Gasteiger partial charge in [-0.05, 0) is 42.8 Å². The normalized spacial score (nSPS) is 16.2. The Kier molecular flexibility index (Phi) is 6.68. The van der Waals surface area contributed by atoms with E-state index in [0.29, 0.717) is 27.7 Å². The number of aliphatic hydroxyl groups excluding tert-OH is 1. The molecule has 1 aliphatic heterocycles. The number of aliphatic hydroxyl groups is 1. The average molecular weight is 427 g/mol. The van der Waals surface area contributed by atoms with Gasteiger partial charge in [-0.1, -0.05) is 23.9 Å². The first kappa shape index (κ1) is 21.3. The summed E-state index contributed by atoms with van der Waals surface area (Å²) in [7, 11) is 3.05. The Labute approximate surface area is 178 Å². The predicted molar refractivity (Wildman–Crippen MR) is 117 cm³/mol. The summed E-state index contributed by atoms with van der Waals surface area (Å²) in [5.74, 6) is 0.248. The van der Waals surface area contributed by atoms with E-state index in [1.165, 1.54) is 7.11 Å². The maximum absolute atomic E-state index is 12.5. The van der Waals surface area contributed by atoms with Crippen LogP contribution in [0.4, 0.5) is 5.69 Å². The van der Waals surface area contributed by atoms with E-state index >= 15 is 0 Å². The third-order valence-corrected chi connectivity index (χ3v) is 5.17. The molecule has 0 saturated carbocycles. The van der Waals surface area contributed by atoms with Crippen LogP contribution < -0.4 is 9.47 Å². The van der Waals surface area contributed by atoms with E-state index in [1.807, 2.05) is 0 Å². The van der Waals surface area contributed by atoms with E-state index in [0.717, 1.165) is 11.8 Å². The Bertz CT molecular complexity index is 1060. The second-order valence-corrected chi connectivity index (χ2v) is 7.14. The number of aliphatic imine (C=N–C) groups is 1. The van der Waals surface area contributed by atoms with Gasteiger partial charge in [-0.3, -0.25) is 0 Å². The molecule has 0 aliphatic carbocycles. The average Bonchev–Trinajstić information content (AvgIpc) is 3.03. The van der Waals surface area contributed by atoms with Gasteiger partial charge in [0, 0.05) is 6.07 Å². The zero-order valence-corrected chi connectivity index (χ0v) is 17.5. The van der Waals surface area contributed by atoms with Crippen LogP contribution >= 0.6 is 11.8 Å². The number of phenolic OH excluding ortho intramolecular Hbond substituents is 1. The number of aromatic hydroxyl groups is 1. The number of benzene rings is 2. The summed E-state index contributed by atoms with van der Waals surface area (Å²) in [6.45, 7) is 1.84. The molecule has 0 spiro atoms. The van der Waals surface area contributed by atoms with Crippen LogP contribution in [-0.4, -0.2) is 42.1 Å². The van der Waals surface area contributed by atoms with E-state index in [-0.39, 0.29) is 28.7 Å². The smallest absolute Gasteiger partial charge is 0.344 e. The largest absolute Gasteiger partial charge is 0.508 e. The third-order valence-electron chi connectivity index (χ3n) is 4.15. The molecule has 0 amide bonds. The molecule has 0 saturated heterocycles. The van der Waals surface area contributed by atoms with Crippen molar-refractivity contribution < 1.29 is 29.2 Å². The first-order valence-corrected chi connectivity index (χ1v) is 9.88. The van der Waals surface area contributed by atoms with Gasteiger partial charge in [-0.15, -0.1) is 0 Å². The van der Waals surface area contributed by atoms with Crippen molar-refractivity contribution in [3.8, 4) is 17.2 Å². The van der Waals surface area contributed by atoms with Crippen molar-refractivity contribution in [1.82, 2.24) is 0 Å². The van der Waals surface area contributed by atoms with E-state index < -0.39 is 5.97 Å². The molecule has 8 heteroatoms. The van der Waals surface area contributed by atoms with Gasteiger partial charge in [0.15, 0.2) is 0 Å². The summed E-state index contributed by atoms with van der Waals surface area (Å²) in [6, 6.07) is 11.6. The van der Waals surface area contributed by atoms with Crippen molar-refractivity contribution in [2.24, 2.45) is 4.99 Å². The Morgan fingerprint density at radius 3 is 2.60 bits per heavy atom. The van der Waals surface area contributed by atoms with Crippen LogP contribution in [-0.2, 0) is 9.53 Å². The molecule has 0 atom stereocenters. The number of hydrogen-bond acceptors (Lipinski definition) is 8. The van der Waals surface area contributed by atoms with Crippen LogP contribution in [0, 0.1) is 0 Å². The van der Waals surface area contributed by atoms with Crippen LogP contribution in [0.25, 0.3) is 6.08 Å². The van der Waals surface area contributed by atoms with Gasteiger partial charge in [0.05, 0.1) is 25.7 Å². The zero-order chi connectivity index (χ0) is 21.7. The number of thioether (sulfide) groups is 1. The van der Waals surface area contributed by atoms with Gasteiger partial charge in [-0.25, -0.2) is 9.79 Å². The van der Waals surface area contributed by atoms with Crippen LogP contribution in [0.15, 0.2) is 63.7 Å². The molecular formula is C22H21NO6S. The highest BCUT2D eigenvalue weighted by atomic mass is 32.2. The zero-order valence-electron chi connectivity index (χ0n) is 16.7. The Morgan fingerprint density at radius 2 is 1.93 bits per heavy atom. The molecule has 3 rings (SSSR count). The number of rotatable bonds is 6. The number of hydrogen-bond donors (Lipinski definition) is 2. The molecule has 0 unspecified atom stereocenters. The van der Waals surface area contributed by atoms with Crippen molar-refractivity contribution in [2.45, 2.75) is 6.92 Å². The minimum atomic E-state index is -0.673. The highest BCUT2D eigenvalue weighted by Gasteiger charge is 2.33. The molecule has 7 nitrogen and oxygen atoms in total. The standard InChI is InChI=1S/C22H21NO6S/c1-4-29-22(26)19-20(25)18(11-13-6-5-7-14(24)10-13)30-21(19)23-16-9-8-15(27-2)12-17(16)28-3/h5-12,24-25H,4H2,1-3H3/b18-11+,23-21?. The first-order chi connectivity index (χ1) is 14.5. The summed E-state index contributed by atoms with van der Waals surface area (Å²) in [5.41, 5.74) is 1.11. The predicted octanol–water partition coefficient (Wildman–Crippen LogP) is 4.60. The molecule has 30 heavy (non-hydrogen) atoms. The van der Waals surface area contributed by atoms with E-state index in [2.05, 4.69) is 4.99 Å². The van der Waals surface area contributed by atoms with Gasteiger partial charge in [0.2, 0.25) is 0 Å². The van der Waals surface area contributed by atoms with E-state index in [9.17, 15) is 15.0 Å². The fourth-order valence-corrected chi connectivity index (χ4v) is 3.77. The minimum absolute atomic E-state index is 0.0221. The lowest BCUT2D eigenvalue weighted by atomic mass is 10.1. The second kappa shape index (κ2) is 9.41. The van der Waals surface area contributed by atoms with Crippen molar-refractivity contribution in [3.63, 3.8) is 0 Å².